The number of halogens is 1. The van der Waals surface area contributed by atoms with Crippen molar-refractivity contribution in [3.63, 3.8) is 0 Å². The van der Waals surface area contributed by atoms with Crippen LogP contribution in [-0.2, 0) is 0 Å². The highest BCUT2D eigenvalue weighted by Gasteiger charge is 2.23. The van der Waals surface area contributed by atoms with E-state index in [4.69, 9.17) is 0 Å². The van der Waals surface area contributed by atoms with Crippen LogP contribution < -0.4 is 15.5 Å². The van der Waals surface area contributed by atoms with Crippen LogP contribution in [0.2, 0.25) is 0 Å². The molecule has 154 valence electrons. The van der Waals surface area contributed by atoms with Gasteiger partial charge in [0.2, 0.25) is 0 Å². The number of hydrogen-bond donors (Lipinski definition) is 2. The van der Waals surface area contributed by atoms with E-state index in [1.807, 2.05) is 43.3 Å². The first-order chi connectivity index (χ1) is 13.9. The van der Waals surface area contributed by atoms with Crippen LogP contribution in [0.25, 0.3) is 0 Å². The minimum atomic E-state index is -0.334. The van der Waals surface area contributed by atoms with Crippen molar-refractivity contribution in [2.45, 2.75) is 12.8 Å². The van der Waals surface area contributed by atoms with Gasteiger partial charge in [-0.05, 0) is 67.3 Å². The molecule has 0 radical (unpaired) electrons. The van der Waals surface area contributed by atoms with Gasteiger partial charge in [-0.25, -0.2) is 9.18 Å². The summed E-state index contributed by atoms with van der Waals surface area (Å²) in [6.07, 6.45) is 1.66. The van der Waals surface area contributed by atoms with Crippen LogP contribution >= 0.6 is 0 Å². The molecular weight excluding hydrogens is 371 g/mol. The van der Waals surface area contributed by atoms with E-state index in [2.05, 4.69) is 10.6 Å². The van der Waals surface area contributed by atoms with E-state index < -0.39 is 0 Å². The molecule has 1 heterocycles. The van der Waals surface area contributed by atoms with E-state index in [-0.39, 0.29) is 17.8 Å². The number of nitrogens with one attached hydrogen (secondary N) is 2. The molecule has 0 aliphatic carbocycles. The van der Waals surface area contributed by atoms with Crippen molar-refractivity contribution in [3.05, 3.63) is 59.9 Å². The normalized spacial score (nSPS) is 14.4. The van der Waals surface area contributed by atoms with Crippen molar-refractivity contribution >= 4 is 23.3 Å². The highest BCUT2D eigenvalue weighted by molar-refractivity contribution is 5.94. The first kappa shape index (κ1) is 20.6. The minimum absolute atomic E-state index is 0.0770. The van der Waals surface area contributed by atoms with Gasteiger partial charge in [0.15, 0.2) is 0 Å². The Labute approximate surface area is 170 Å². The molecule has 3 rings (SSSR count). The lowest BCUT2D eigenvalue weighted by molar-refractivity contribution is 0.0938. The van der Waals surface area contributed by atoms with Crippen molar-refractivity contribution in [1.29, 1.82) is 0 Å². The molecule has 2 N–H and O–H groups in total. The summed E-state index contributed by atoms with van der Waals surface area (Å²) >= 11 is 0. The number of anilines is 2. The van der Waals surface area contributed by atoms with Crippen molar-refractivity contribution < 1.29 is 14.0 Å². The van der Waals surface area contributed by atoms with Crippen LogP contribution in [0, 0.1) is 11.7 Å². The molecule has 2 aromatic rings. The summed E-state index contributed by atoms with van der Waals surface area (Å²) in [4.78, 5) is 28.4. The summed E-state index contributed by atoms with van der Waals surface area (Å²) in [7, 11) is 3.92. The molecule has 1 fully saturated rings. The molecule has 0 saturated carbocycles. The maximum Gasteiger partial charge on any atom is 0.321 e. The molecule has 0 spiro atoms. The first-order valence-corrected chi connectivity index (χ1v) is 9.79. The predicted octanol–water partition coefficient (Wildman–Crippen LogP) is 3.57. The van der Waals surface area contributed by atoms with Gasteiger partial charge in [-0.3, -0.25) is 4.79 Å². The third-order valence-corrected chi connectivity index (χ3v) is 5.19. The van der Waals surface area contributed by atoms with Crippen LogP contribution in [-0.4, -0.2) is 50.6 Å². The molecule has 3 amide bonds. The summed E-state index contributed by atoms with van der Waals surface area (Å²) in [6.45, 7) is 1.86. The fourth-order valence-corrected chi connectivity index (χ4v) is 3.33. The van der Waals surface area contributed by atoms with Crippen molar-refractivity contribution in [2.75, 3.05) is 43.9 Å². The Morgan fingerprint density at radius 3 is 2.24 bits per heavy atom. The molecule has 6 nitrogen and oxygen atoms in total. The second kappa shape index (κ2) is 9.41. The molecule has 0 aromatic heterocycles. The van der Waals surface area contributed by atoms with Gasteiger partial charge in [-0.1, -0.05) is 0 Å². The molecule has 0 unspecified atom stereocenters. The van der Waals surface area contributed by atoms with Crippen molar-refractivity contribution in [1.82, 2.24) is 10.2 Å². The predicted molar refractivity (Wildman–Crippen MR) is 113 cm³/mol. The van der Waals surface area contributed by atoms with Crippen LogP contribution in [0.1, 0.15) is 23.2 Å². The molecule has 2 aromatic carbocycles. The zero-order valence-corrected chi connectivity index (χ0v) is 16.8. The molecule has 0 bridgehead atoms. The summed E-state index contributed by atoms with van der Waals surface area (Å²) < 4.78 is 13.0. The number of nitrogens with zero attached hydrogens (tertiary/aromatic N) is 2. The summed E-state index contributed by atoms with van der Waals surface area (Å²) in [5.41, 5.74) is 2.27. The average Bonchev–Trinajstić information content (AvgIpc) is 2.74. The Balaban J connectivity index is 1.41. The lowest BCUT2D eigenvalue weighted by Crippen LogP contribution is -2.43. The molecule has 0 atom stereocenters. The topological polar surface area (TPSA) is 64.7 Å². The summed E-state index contributed by atoms with van der Waals surface area (Å²) in [5, 5.41) is 5.78. The largest absolute Gasteiger partial charge is 0.378 e. The maximum absolute atomic E-state index is 13.0. The van der Waals surface area contributed by atoms with E-state index >= 15 is 0 Å². The fourth-order valence-electron chi connectivity index (χ4n) is 3.33. The van der Waals surface area contributed by atoms with Gasteiger partial charge in [-0.15, -0.1) is 0 Å². The van der Waals surface area contributed by atoms with Gasteiger partial charge in [-0.2, -0.15) is 0 Å². The third kappa shape index (κ3) is 5.70. The molecule has 7 heteroatoms. The highest BCUT2D eigenvalue weighted by Crippen LogP contribution is 2.18. The van der Waals surface area contributed by atoms with Crippen LogP contribution in [0.4, 0.5) is 20.6 Å². The second-order valence-electron chi connectivity index (χ2n) is 7.52. The lowest BCUT2D eigenvalue weighted by Gasteiger charge is -2.32. The monoisotopic (exact) mass is 398 g/mol. The fraction of sp³-hybridized carbons (Fsp3) is 0.364. The summed E-state index contributed by atoms with van der Waals surface area (Å²) in [6, 6.07) is 13.0. The average molecular weight is 398 g/mol. The molecule has 1 saturated heterocycles. The first-order valence-electron chi connectivity index (χ1n) is 9.79. The number of likely N-dealkylation sites (tertiary alicyclic amines) is 1. The Morgan fingerprint density at radius 2 is 1.66 bits per heavy atom. The number of urea groups is 1. The zero-order chi connectivity index (χ0) is 20.8. The van der Waals surface area contributed by atoms with Crippen LogP contribution in [0.5, 0.6) is 0 Å². The van der Waals surface area contributed by atoms with Gasteiger partial charge in [0.05, 0.1) is 0 Å². The van der Waals surface area contributed by atoms with Crippen molar-refractivity contribution in [2.24, 2.45) is 5.92 Å². The standard InChI is InChI=1S/C22H27FN4O2/c1-26(2)20-9-3-17(4-10-20)21(28)24-15-16-11-13-27(14-12-16)22(29)25-19-7-5-18(23)6-8-19/h3-10,16H,11-15H2,1-2H3,(H,24,28)(H,25,29). The number of piperidine rings is 1. The van der Waals surface area contributed by atoms with Gasteiger partial charge < -0.3 is 20.4 Å². The van der Waals surface area contributed by atoms with E-state index in [0.717, 1.165) is 18.5 Å². The second-order valence-corrected chi connectivity index (χ2v) is 7.52. The number of rotatable bonds is 5. The van der Waals surface area contributed by atoms with E-state index in [0.29, 0.717) is 36.8 Å². The molecular formula is C22H27FN4O2. The maximum atomic E-state index is 13.0. The number of amides is 3. The lowest BCUT2D eigenvalue weighted by atomic mass is 9.97. The number of hydrogen-bond acceptors (Lipinski definition) is 3. The molecule has 29 heavy (non-hydrogen) atoms. The zero-order valence-electron chi connectivity index (χ0n) is 16.8. The Kier molecular flexibility index (Phi) is 6.69. The Morgan fingerprint density at radius 1 is 1.03 bits per heavy atom. The quantitative estimate of drug-likeness (QED) is 0.809. The minimum Gasteiger partial charge on any atom is -0.378 e. The number of carbonyl (C=O) groups is 2. The smallest absolute Gasteiger partial charge is 0.321 e. The van der Waals surface area contributed by atoms with Crippen molar-refractivity contribution in [3.8, 4) is 0 Å². The van der Waals surface area contributed by atoms with E-state index in [1.54, 1.807) is 17.0 Å². The Hall–Kier alpha value is -3.09. The van der Waals surface area contributed by atoms with Gasteiger partial charge in [0.25, 0.3) is 5.91 Å². The number of carbonyl (C=O) groups excluding carboxylic acids is 2. The third-order valence-electron chi connectivity index (χ3n) is 5.19. The van der Waals surface area contributed by atoms with Gasteiger partial charge >= 0.3 is 6.03 Å². The molecule has 1 aliphatic rings. The van der Waals surface area contributed by atoms with Gasteiger partial charge in [0, 0.05) is 50.7 Å². The van der Waals surface area contributed by atoms with Gasteiger partial charge in [0.1, 0.15) is 5.82 Å². The van der Waals surface area contributed by atoms with Crippen LogP contribution in [0.3, 0.4) is 0 Å². The molecule has 1 aliphatic heterocycles. The highest BCUT2D eigenvalue weighted by atomic mass is 19.1. The summed E-state index contributed by atoms with van der Waals surface area (Å²) in [5.74, 6) is -0.0684. The Bertz CT molecular complexity index is 829. The van der Waals surface area contributed by atoms with E-state index in [1.165, 1.54) is 12.1 Å². The van der Waals surface area contributed by atoms with Crippen LogP contribution in [0.15, 0.2) is 48.5 Å². The SMILES string of the molecule is CN(C)c1ccc(C(=O)NCC2CCN(C(=O)Nc3ccc(F)cc3)CC2)cc1. The van der Waals surface area contributed by atoms with E-state index in [9.17, 15) is 14.0 Å². The number of benzene rings is 2.